The monoisotopic (exact) mass is 336 g/mol. The molecule has 24 heavy (non-hydrogen) atoms. The van der Waals surface area contributed by atoms with Crippen LogP contribution in [0.2, 0.25) is 0 Å². The maximum atomic E-state index is 12.1. The van der Waals surface area contributed by atoms with E-state index in [9.17, 15) is 4.79 Å². The quantitative estimate of drug-likeness (QED) is 0.739. The van der Waals surface area contributed by atoms with E-state index in [-0.39, 0.29) is 5.91 Å². The van der Waals surface area contributed by atoms with Crippen LogP contribution in [0.15, 0.2) is 60.8 Å². The third-order valence-electron chi connectivity index (χ3n) is 3.73. The number of hydrogen-bond acceptors (Lipinski definition) is 3. The van der Waals surface area contributed by atoms with Crippen molar-refractivity contribution in [3.63, 3.8) is 0 Å². The summed E-state index contributed by atoms with van der Waals surface area (Å²) >= 11 is 1.72. The Hall–Kier alpha value is -2.46. The van der Waals surface area contributed by atoms with Gasteiger partial charge in [-0.3, -0.25) is 4.79 Å². The van der Waals surface area contributed by atoms with Crippen molar-refractivity contribution in [2.75, 3.05) is 6.54 Å². The molecule has 0 fully saturated rings. The van der Waals surface area contributed by atoms with Gasteiger partial charge < -0.3 is 5.32 Å². The summed E-state index contributed by atoms with van der Waals surface area (Å²) in [6.45, 7) is 2.59. The highest BCUT2D eigenvalue weighted by molar-refractivity contribution is 7.11. The van der Waals surface area contributed by atoms with Gasteiger partial charge in [0, 0.05) is 36.0 Å². The molecule has 0 atom stereocenters. The molecule has 0 aliphatic carbocycles. The van der Waals surface area contributed by atoms with Crippen molar-refractivity contribution in [1.82, 2.24) is 10.3 Å². The van der Waals surface area contributed by atoms with Crippen LogP contribution in [0.25, 0.3) is 0 Å². The van der Waals surface area contributed by atoms with Gasteiger partial charge in [-0.1, -0.05) is 48.0 Å². The number of benzene rings is 2. The van der Waals surface area contributed by atoms with Crippen molar-refractivity contribution in [1.29, 1.82) is 0 Å². The third kappa shape index (κ3) is 4.52. The predicted octanol–water partition coefficient (Wildman–Crippen LogP) is 4.01. The van der Waals surface area contributed by atoms with E-state index < -0.39 is 0 Å². The number of nitrogens with one attached hydrogen (secondary N) is 1. The molecule has 4 heteroatoms. The lowest BCUT2D eigenvalue weighted by atomic mass is 10.1. The van der Waals surface area contributed by atoms with Gasteiger partial charge in [-0.2, -0.15) is 0 Å². The van der Waals surface area contributed by atoms with E-state index in [1.165, 1.54) is 10.4 Å². The molecule has 122 valence electrons. The lowest BCUT2D eigenvalue weighted by Gasteiger charge is -2.04. The normalized spacial score (nSPS) is 10.5. The lowest BCUT2D eigenvalue weighted by molar-refractivity contribution is 0.0954. The van der Waals surface area contributed by atoms with Gasteiger partial charge in [-0.15, -0.1) is 11.3 Å². The van der Waals surface area contributed by atoms with Crippen LogP contribution < -0.4 is 5.32 Å². The Morgan fingerprint density at radius 3 is 2.75 bits per heavy atom. The van der Waals surface area contributed by atoms with Crippen molar-refractivity contribution < 1.29 is 4.79 Å². The fourth-order valence-electron chi connectivity index (χ4n) is 2.51. The maximum absolute atomic E-state index is 12.1. The van der Waals surface area contributed by atoms with E-state index in [1.807, 2.05) is 43.5 Å². The highest BCUT2D eigenvalue weighted by Gasteiger charge is 2.07. The predicted molar refractivity (Wildman–Crippen MR) is 98.6 cm³/mol. The van der Waals surface area contributed by atoms with E-state index >= 15 is 0 Å². The summed E-state index contributed by atoms with van der Waals surface area (Å²) in [5.41, 5.74) is 3.09. The zero-order valence-electron chi connectivity index (χ0n) is 13.7. The molecule has 3 nitrogen and oxygen atoms in total. The van der Waals surface area contributed by atoms with Gasteiger partial charge in [-0.25, -0.2) is 4.98 Å². The number of carbonyl (C=O) groups excluding carboxylic acids is 1. The van der Waals surface area contributed by atoms with Crippen LogP contribution in [0, 0.1) is 6.92 Å². The number of hydrogen-bond donors (Lipinski definition) is 1. The molecule has 3 rings (SSSR count). The van der Waals surface area contributed by atoms with Crippen LogP contribution in [-0.2, 0) is 12.8 Å². The molecule has 0 bridgehead atoms. The molecule has 0 radical (unpaired) electrons. The van der Waals surface area contributed by atoms with Crippen LogP contribution in [0.5, 0.6) is 0 Å². The maximum Gasteiger partial charge on any atom is 0.251 e. The highest BCUT2D eigenvalue weighted by Crippen LogP contribution is 2.17. The number of amides is 1. The fraction of sp³-hybridized carbons (Fsp3) is 0.200. The second-order valence-electron chi connectivity index (χ2n) is 5.76. The molecule has 0 unspecified atom stereocenters. The smallest absolute Gasteiger partial charge is 0.251 e. The molecule has 0 saturated heterocycles. The topological polar surface area (TPSA) is 42.0 Å². The van der Waals surface area contributed by atoms with Crippen LogP contribution in [0.1, 0.15) is 31.4 Å². The largest absolute Gasteiger partial charge is 0.352 e. The van der Waals surface area contributed by atoms with Crippen LogP contribution in [0.3, 0.4) is 0 Å². The van der Waals surface area contributed by atoms with Crippen molar-refractivity contribution in [2.45, 2.75) is 19.8 Å². The standard InChI is InChI=1S/C20H20N2OS/c1-15-6-5-9-17(12-15)20(23)21-11-10-19-22-14-18(24-19)13-16-7-3-2-4-8-16/h2-9,12,14H,10-11,13H2,1H3,(H,21,23). The van der Waals surface area contributed by atoms with Crippen molar-refractivity contribution in [2.24, 2.45) is 0 Å². The molecule has 0 aliphatic rings. The summed E-state index contributed by atoms with van der Waals surface area (Å²) in [5.74, 6) is -0.0280. The molecular weight excluding hydrogens is 316 g/mol. The Labute approximate surface area is 146 Å². The Balaban J connectivity index is 1.50. The molecule has 1 N–H and O–H groups in total. The molecule has 1 aromatic heterocycles. The van der Waals surface area contributed by atoms with Crippen molar-refractivity contribution in [3.05, 3.63) is 87.4 Å². The van der Waals surface area contributed by atoms with Gasteiger partial charge in [0.15, 0.2) is 0 Å². The van der Waals surface area contributed by atoms with Crippen molar-refractivity contribution >= 4 is 17.2 Å². The molecular formula is C20H20N2OS. The number of aryl methyl sites for hydroxylation is 1. The van der Waals surface area contributed by atoms with Gasteiger partial charge in [0.25, 0.3) is 5.91 Å². The first-order valence-corrected chi connectivity index (χ1v) is 8.85. The second kappa shape index (κ2) is 7.88. The van der Waals surface area contributed by atoms with Gasteiger partial charge in [0.2, 0.25) is 0 Å². The van der Waals surface area contributed by atoms with Gasteiger partial charge in [0.1, 0.15) is 0 Å². The third-order valence-corrected chi connectivity index (χ3v) is 4.78. The number of rotatable bonds is 6. The van der Waals surface area contributed by atoms with Gasteiger partial charge >= 0.3 is 0 Å². The van der Waals surface area contributed by atoms with E-state index in [4.69, 9.17) is 0 Å². The van der Waals surface area contributed by atoms with E-state index in [0.29, 0.717) is 12.1 Å². The number of aromatic nitrogens is 1. The summed E-state index contributed by atoms with van der Waals surface area (Å²) in [4.78, 5) is 17.8. The zero-order chi connectivity index (χ0) is 16.8. The van der Waals surface area contributed by atoms with E-state index in [0.717, 1.165) is 23.4 Å². The second-order valence-corrected chi connectivity index (χ2v) is 6.96. The Kier molecular flexibility index (Phi) is 5.39. The van der Waals surface area contributed by atoms with Gasteiger partial charge in [-0.05, 0) is 24.6 Å². The first-order chi connectivity index (χ1) is 11.7. The fourth-order valence-corrected chi connectivity index (χ4v) is 3.47. The molecule has 0 spiro atoms. The minimum absolute atomic E-state index is 0.0280. The Morgan fingerprint density at radius 2 is 1.96 bits per heavy atom. The van der Waals surface area contributed by atoms with Crippen LogP contribution in [-0.4, -0.2) is 17.4 Å². The minimum atomic E-state index is -0.0280. The first-order valence-electron chi connectivity index (χ1n) is 8.03. The highest BCUT2D eigenvalue weighted by atomic mass is 32.1. The van der Waals surface area contributed by atoms with Gasteiger partial charge in [0.05, 0.1) is 5.01 Å². The summed E-state index contributed by atoms with van der Waals surface area (Å²) < 4.78 is 0. The Morgan fingerprint density at radius 1 is 1.12 bits per heavy atom. The summed E-state index contributed by atoms with van der Waals surface area (Å²) in [6, 6.07) is 18.0. The summed E-state index contributed by atoms with van der Waals surface area (Å²) in [6.07, 6.45) is 3.61. The summed E-state index contributed by atoms with van der Waals surface area (Å²) in [5, 5.41) is 4.02. The molecule has 1 amide bonds. The van der Waals surface area contributed by atoms with E-state index in [2.05, 4.69) is 34.6 Å². The van der Waals surface area contributed by atoms with Crippen LogP contribution >= 0.6 is 11.3 Å². The minimum Gasteiger partial charge on any atom is -0.352 e. The average Bonchev–Trinajstić information content (AvgIpc) is 3.03. The van der Waals surface area contributed by atoms with Crippen LogP contribution in [0.4, 0.5) is 0 Å². The first kappa shape index (κ1) is 16.4. The number of thiazole rings is 1. The number of nitrogens with zero attached hydrogens (tertiary/aromatic N) is 1. The zero-order valence-corrected chi connectivity index (χ0v) is 14.5. The molecule has 0 aliphatic heterocycles. The lowest BCUT2D eigenvalue weighted by Crippen LogP contribution is -2.25. The molecule has 3 aromatic rings. The molecule has 0 saturated carbocycles. The Bertz CT molecular complexity index is 811. The van der Waals surface area contributed by atoms with E-state index in [1.54, 1.807) is 11.3 Å². The molecule has 2 aromatic carbocycles. The summed E-state index contributed by atoms with van der Waals surface area (Å²) in [7, 11) is 0. The number of carbonyl (C=O) groups is 1. The average molecular weight is 336 g/mol. The SMILES string of the molecule is Cc1cccc(C(=O)NCCc2ncc(Cc3ccccc3)s2)c1. The van der Waals surface area contributed by atoms with Crippen molar-refractivity contribution in [3.8, 4) is 0 Å². The molecule has 1 heterocycles.